The molecule has 0 saturated heterocycles. The van der Waals surface area contributed by atoms with Crippen LogP contribution in [0.5, 0.6) is 0 Å². The lowest BCUT2D eigenvalue weighted by Gasteiger charge is -2.01. The predicted molar refractivity (Wildman–Crippen MR) is 62.5 cm³/mol. The number of hydrogen-bond acceptors (Lipinski definition) is 4. The summed E-state index contributed by atoms with van der Waals surface area (Å²) in [5, 5.41) is 4.80. The highest BCUT2D eigenvalue weighted by Gasteiger charge is 2.03. The van der Waals surface area contributed by atoms with E-state index in [0.29, 0.717) is 0 Å². The van der Waals surface area contributed by atoms with Crippen LogP contribution in [0.3, 0.4) is 0 Å². The molecule has 0 spiro atoms. The standard InChI is InChI=1S/C12H7N3O/c16-15-10-6-5-9-4-3-8-2-1-7-13-11(8)12(9)14-10/h1-7H. The zero-order chi connectivity index (χ0) is 11.0. The quantitative estimate of drug-likeness (QED) is 0.456. The Kier molecular flexibility index (Phi) is 1.86. The Bertz CT molecular complexity index is 694. The van der Waals surface area contributed by atoms with E-state index in [1.54, 1.807) is 12.3 Å². The maximum atomic E-state index is 10.5. The summed E-state index contributed by atoms with van der Waals surface area (Å²) in [5.41, 5.74) is 1.51. The molecule has 0 aliphatic heterocycles. The third-order valence-corrected chi connectivity index (χ3v) is 2.51. The van der Waals surface area contributed by atoms with Crippen molar-refractivity contribution in [3.8, 4) is 0 Å². The fourth-order valence-corrected chi connectivity index (χ4v) is 1.76. The molecule has 3 rings (SSSR count). The van der Waals surface area contributed by atoms with Gasteiger partial charge in [-0.1, -0.05) is 18.2 Å². The number of hydrogen-bond donors (Lipinski definition) is 0. The lowest BCUT2D eigenvalue weighted by Crippen LogP contribution is -1.84. The summed E-state index contributed by atoms with van der Waals surface area (Å²) in [6, 6.07) is 11.2. The number of nitrogens with zero attached hydrogens (tertiary/aromatic N) is 3. The molecule has 4 nitrogen and oxygen atoms in total. The molecular formula is C12H7N3O. The SMILES string of the molecule is O=Nc1ccc2ccc3cccnc3c2n1. The van der Waals surface area contributed by atoms with Gasteiger partial charge in [0.2, 0.25) is 0 Å². The van der Waals surface area contributed by atoms with Gasteiger partial charge in [-0.05, 0) is 23.4 Å². The molecule has 4 heteroatoms. The van der Waals surface area contributed by atoms with Crippen molar-refractivity contribution in [3.63, 3.8) is 0 Å². The molecule has 0 aliphatic rings. The minimum atomic E-state index is 0.186. The Balaban J connectivity index is 2.52. The molecule has 0 radical (unpaired) electrons. The number of pyridine rings is 2. The van der Waals surface area contributed by atoms with E-state index in [1.165, 1.54) is 0 Å². The number of rotatable bonds is 1. The smallest absolute Gasteiger partial charge is 0.197 e. The van der Waals surface area contributed by atoms with E-state index in [4.69, 9.17) is 0 Å². The second-order valence-electron chi connectivity index (χ2n) is 3.47. The van der Waals surface area contributed by atoms with Crippen molar-refractivity contribution >= 4 is 27.6 Å². The largest absolute Gasteiger partial charge is 0.254 e. The van der Waals surface area contributed by atoms with Crippen molar-refractivity contribution in [2.24, 2.45) is 5.18 Å². The van der Waals surface area contributed by atoms with E-state index in [2.05, 4.69) is 15.1 Å². The van der Waals surface area contributed by atoms with Gasteiger partial charge in [0.05, 0.1) is 11.0 Å². The van der Waals surface area contributed by atoms with E-state index in [9.17, 15) is 4.91 Å². The Labute approximate surface area is 90.9 Å². The average Bonchev–Trinajstić information content (AvgIpc) is 2.38. The lowest BCUT2D eigenvalue weighted by molar-refractivity contribution is 1.31. The highest BCUT2D eigenvalue weighted by molar-refractivity contribution is 6.02. The normalized spacial score (nSPS) is 10.8. The highest BCUT2D eigenvalue weighted by atomic mass is 16.3. The van der Waals surface area contributed by atoms with Gasteiger partial charge < -0.3 is 0 Å². The molecule has 0 aliphatic carbocycles. The summed E-state index contributed by atoms with van der Waals surface area (Å²) < 4.78 is 0. The lowest BCUT2D eigenvalue weighted by atomic mass is 10.1. The fourth-order valence-electron chi connectivity index (χ4n) is 1.76. The van der Waals surface area contributed by atoms with Gasteiger partial charge >= 0.3 is 0 Å². The van der Waals surface area contributed by atoms with E-state index >= 15 is 0 Å². The third kappa shape index (κ3) is 1.24. The number of benzene rings is 1. The van der Waals surface area contributed by atoms with Crippen molar-refractivity contribution in [3.05, 3.63) is 47.5 Å². The summed E-state index contributed by atoms with van der Waals surface area (Å²) in [7, 11) is 0. The molecule has 0 atom stereocenters. The van der Waals surface area contributed by atoms with Gasteiger partial charge in [-0.3, -0.25) is 4.98 Å². The van der Waals surface area contributed by atoms with Gasteiger partial charge in [0, 0.05) is 17.0 Å². The van der Waals surface area contributed by atoms with Gasteiger partial charge in [-0.25, -0.2) is 4.98 Å². The van der Waals surface area contributed by atoms with Crippen molar-refractivity contribution in [1.82, 2.24) is 9.97 Å². The monoisotopic (exact) mass is 209 g/mol. The molecule has 76 valence electrons. The maximum absolute atomic E-state index is 10.5. The van der Waals surface area contributed by atoms with Crippen molar-refractivity contribution in [2.45, 2.75) is 0 Å². The van der Waals surface area contributed by atoms with Crippen LogP contribution in [0.1, 0.15) is 0 Å². The summed E-state index contributed by atoms with van der Waals surface area (Å²) in [6.07, 6.45) is 1.71. The Hall–Kier alpha value is -2.36. The van der Waals surface area contributed by atoms with Crippen LogP contribution in [0.25, 0.3) is 21.8 Å². The van der Waals surface area contributed by atoms with Crippen LogP contribution in [0.2, 0.25) is 0 Å². The maximum Gasteiger partial charge on any atom is 0.197 e. The topological polar surface area (TPSA) is 55.2 Å². The summed E-state index contributed by atoms with van der Waals surface area (Å²) in [5.74, 6) is 0.186. The molecule has 0 N–H and O–H groups in total. The molecule has 3 aromatic rings. The van der Waals surface area contributed by atoms with Crippen molar-refractivity contribution in [1.29, 1.82) is 0 Å². The van der Waals surface area contributed by atoms with Crippen molar-refractivity contribution < 1.29 is 0 Å². The van der Waals surface area contributed by atoms with Gasteiger partial charge in [-0.15, -0.1) is 4.91 Å². The number of aromatic nitrogens is 2. The molecule has 1 aromatic carbocycles. The van der Waals surface area contributed by atoms with Gasteiger partial charge in [0.1, 0.15) is 0 Å². The molecule has 2 aromatic heterocycles. The first kappa shape index (κ1) is 8.91. The van der Waals surface area contributed by atoms with Crippen molar-refractivity contribution in [2.75, 3.05) is 0 Å². The van der Waals surface area contributed by atoms with Gasteiger partial charge in [0.15, 0.2) is 5.82 Å². The molecule has 0 bridgehead atoms. The van der Waals surface area contributed by atoms with E-state index < -0.39 is 0 Å². The molecule has 0 amide bonds. The van der Waals surface area contributed by atoms with E-state index in [-0.39, 0.29) is 5.82 Å². The van der Waals surface area contributed by atoms with E-state index in [1.807, 2.05) is 30.3 Å². The van der Waals surface area contributed by atoms with Gasteiger partial charge in [0.25, 0.3) is 0 Å². The fraction of sp³-hybridized carbons (Fsp3) is 0. The van der Waals surface area contributed by atoms with E-state index in [0.717, 1.165) is 21.8 Å². The average molecular weight is 209 g/mol. The molecule has 16 heavy (non-hydrogen) atoms. The predicted octanol–water partition coefficient (Wildman–Crippen LogP) is 3.18. The van der Waals surface area contributed by atoms with Crippen LogP contribution in [0.4, 0.5) is 5.82 Å². The zero-order valence-corrected chi connectivity index (χ0v) is 8.29. The third-order valence-electron chi connectivity index (χ3n) is 2.51. The van der Waals surface area contributed by atoms with Gasteiger partial charge in [-0.2, -0.15) is 0 Å². The van der Waals surface area contributed by atoms with Crippen LogP contribution < -0.4 is 0 Å². The molecule has 0 saturated carbocycles. The Morgan fingerprint density at radius 2 is 1.69 bits per heavy atom. The summed E-state index contributed by atoms with van der Waals surface area (Å²) in [4.78, 5) is 18.9. The Morgan fingerprint density at radius 3 is 2.50 bits per heavy atom. The first-order valence-electron chi connectivity index (χ1n) is 4.86. The summed E-state index contributed by atoms with van der Waals surface area (Å²) in [6.45, 7) is 0. The molecule has 2 heterocycles. The first-order chi connectivity index (χ1) is 7.88. The molecule has 0 unspecified atom stereocenters. The Morgan fingerprint density at radius 1 is 0.938 bits per heavy atom. The van der Waals surface area contributed by atoms with Crippen LogP contribution in [-0.2, 0) is 0 Å². The van der Waals surface area contributed by atoms with Crippen LogP contribution in [0.15, 0.2) is 47.8 Å². The van der Waals surface area contributed by atoms with Crippen LogP contribution >= 0.6 is 0 Å². The molecular weight excluding hydrogens is 202 g/mol. The second-order valence-corrected chi connectivity index (χ2v) is 3.47. The van der Waals surface area contributed by atoms with Crippen LogP contribution in [-0.4, -0.2) is 9.97 Å². The summed E-state index contributed by atoms with van der Waals surface area (Å²) >= 11 is 0. The minimum Gasteiger partial charge on any atom is -0.254 e. The molecule has 0 fully saturated rings. The highest BCUT2D eigenvalue weighted by Crippen LogP contribution is 2.23. The second kappa shape index (κ2) is 3.34. The number of nitroso groups, excluding NO2 is 1. The number of fused-ring (bicyclic) bond motifs is 3. The minimum absolute atomic E-state index is 0.186. The zero-order valence-electron chi connectivity index (χ0n) is 8.29. The first-order valence-corrected chi connectivity index (χ1v) is 4.86. The van der Waals surface area contributed by atoms with Crippen LogP contribution in [0, 0.1) is 4.91 Å².